The summed E-state index contributed by atoms with van der Waals surface area (Å²) >= 11 is 0. The molecule has 0 spiro atoms. The zero-order valence-corrected chi connectivity index (χ0v) is 8.55. The second kappa shape index (κ2) is 3.20. The minimum absolute atomic E-state index is 0.0273. The third-order valence-corrected chi connectivity index (χ3v) is 2.95. The zero-order valence-electron chi connectivity index (χ0n) is 8.55. The van der Waals surface area contributed by atoms with Crippen LogP contribution in [-0.4, -0.2) is 10.9 Å². The van der Waals surface area contributed by atoms with Crippen LogP contribution in [0.1, 0.15) is 0 Å². The molecule has 0 aliphatic heterocycles. The molecule has 78 valence electrons. The molecule has 2 aliphatic rings. The normalized spacial score (nSPS) is 21.4. The van der Waals surface area contributed by atoms with Crippen LogP contribution in [0.4, 0.5) is 0 Å². The Morgan fingerprint density at radius 2 is 2.06 bits per heavy atom. The number of aromatic hydroxyl groups is 1. The van der Waals surface area contributed by atoms with Crippen molar-refractivity contribution in [1.82, 2.24) is 0 Å². The lowest BCUT2D eigenvalue weighted by molar-refractivity contribution is -0.110. The lowest BCUT2D eigenvalue weighted by Gasteiger charge is -2.16. The van der Waals surface area contributed by atoms with Gasteiger partial charge >= 0.3 is 0 Å². The molecule has 1 aromatic carbocycles. The molecule has 2 aliphatic carbocycles. The summed E-state index contributed by atoms with van der Waals surface area (Å²) in [7, 11) is 0. The number of fused-ring (bicyclic) bond motifs is 2. The summed E-state index contributed by atoms with van der Waals surface area (Å²) in [5, 5.41) is 11.6. The van der Waals surface area contributed by atoms with Gasteiger partial charge in [0.1, 0.15) is 5.75 Å². The van der Waals surface area contributed by atoms with E-state index in [1.54, 1.807) is 24.3 Å². The predicted molar refractivity (Wildman–Crippen MR) is 62.0 cm³/mol. The summed E-state index contributed by atoms with van der Waals surface area (Å²) in [4.78, 5) is 11.3. The van der Waals surface area contributed by atoms with E-state index < -0.39 is 0 Å². The molecule has 1 atom stereocenters. The smallest absolute Gasteiger partial charge is 0.178 e. The summed E-state index contributed by atoms with van der Waals surface area (Å²) < 4.78 is 0. The molecule has 0 heterocycles. The summed E-state index contributed by atoms with van der Waals surface area (Å²) in [5.74, 6) is 0.427. The quantitative estimate of drug-likeness (QED) is 0.682. The number of ketones is 1. The molecule has 16 heavy (non-hydrogen) atoms. The standard InChI is InChI=1S/C14H10O2/c15-12-5-4-9-8-13-10(6-11(9)7-12)2-1-3-14(13)16/h1-9,16H. The van der Waals surface area contributed by atoms with Gasteiger partial charge in [-0.05, 0) is 35.1 Å². The Kier molecular flexibility index (Phi) is 1.83. The minimum atomic E-state index is 0.0273. The number of hydrogen-bond acceptors (Lipinski definition) is 2. The highest BCUT2D eigenvalue weighted by Crippen LogP contribution is 2.22. The average molecular weight is 210 g/mol. The summed E-state index contributed by atoms with van der Waals surface area (Å²) in [5.41, 5.74) is 0.991. The Balaban J connectivity index is 2.32. The van der Waals surface area contributed by atoms with E-state index in [0.717, 1.165) is 16.0 Å². The highest BCUT2D eigenvalue weighted by atomic mass is 16.3. The Bertz CT molecular complexity index is 648. The van der Waals surface area contributed by atoms with Crippen LogP contribution < -0.4 is 10.4 Å². The second-order valence-electron chi connectivity index (χ2n) is 4.02. The van der Waals surface area contributed by atoms with Crippen molar-refractivity contribution >= 4 is 17.9 Å². The van der Waals surface area contributed by atoms with Crippen LogP contribution in [0.25, 0.3) is 12.2 Å². The Hall–Kier alpha value is -2.09. The van der Waals surface area contributed by atoms with E-state index in [4.69, 9.17) is 0 Å². The highest BCUT2D eigenvalue weighted by Gasteiger charge is 2.15. The monoisotopic (exact) mass is 210 g/mol. The number of hydrogen-bond donors (Lipinski definition) is 1. The molecule has 1 unspecified atom stereocenters. The zero-order chi connectivity index (χ0) is 11.1. The number of carbonyl (C=O) groups is 1. The van der Waals surface area contributed by atoms with E-state index in [1.807, 2.05) is 24.3 Å². The fraction of sp³-hybridized carbons (Fsp3) is 0.0714. The molecule has 0 saturated heterocycles. The van der Waals surface area contributed by atoms with Crippen LogP contribution >= 0.6 is 0 Å². The van der Waals surface area contributed by atoms with Gasteiger partial charge in [-0.15, -0.1) is 0 Å². The lowest BCUT2D eigenvalue weighted by atomic mass is 9.87. The molecular formula is C14H10O2. The molecule has 0 bridgehead atoms. The largest absolute Gasteiger partial charge is 0.507 e. The van der Waals surface area contributed by atoms with Crippen molar-refractivity contribution in [1.29, 1.82) is 0 Å². The number of carbonyl (C=O) groups excluding carboxylic acids is 1. The molecule has 2 heteroatoms. The van der Waals surface area contributed by atoms with Crippen molar-refractivity contribution in [3.8, 4) is 5.75 Å². The van der Waals surface area contributed by atoms with Crippen molar-refractivity contribution in [2.75, 3.05) is 0 Å². The van der Waals surface area contributed by atoms with Gasteiger partial charge in [0.05, 0.1) is 0 Å². The topological polar surface area (TPSA) is 37.3 Å². The number of allylic oxidation sites excluding steroid dienone is 4. The van der Waals surface area contributed by atoms with Crippen molar-refractivity contribution in [2.24, 2.45) is 5.92 Å². The fourth-order valence-corrected chi connectivity index (χ4v) is 2.14. The molecule has 0 saturated carbocycles. The van der Waals surface area contributed by atoms with E-state index in [0.29, 0.717) is 0 Å². The SMILES string of the molecule is O=C1C=CC2C=c3c(O)cccc3=CC2=C1. The number of rotatable bonds is 0. The minimum Gasteiger partial charge on any atom is -0.507 e. The molecule has 3 rings (SSSR count). The van der Waals surface area contributed by atoms with Gasteiger partial charge in [-0.1, -0.05) is 24.3 Å². The van der Waals surface area contributed by atoms with Crippen molar-refractivity contribution in [2.45, 2.75) is 0 Å². The highest BCUT2D eigenvalue weighted by molar-refractivity contribution is 6.02. The van der Waals surface area contributed by atoms with Gasteiger partial charge in [0, 0.05) is 11.1 Å². The predicted octanol–water partition coefficient (Wildman–Crippen LogP) is 0.648. The fourth-order valence-electron chi connectivity index (χ4n) is 2.14. The molecule has 0 radical (unpaired) electrons. The van der Waals surface area contributed by atoms with Crippen molar-refractivity contribution < 1.29 is 9.90 Å². The van der Waals surface area contributed by atoms with E-state index in [2.05, 4.69) is 0 Å². The van der Waals surface area contributed by atoms with Crippen LogP contribution in [0.2, 0.25) is 0 Å². The van der Waals surface area contributed by atoms with E-state index in [9.17, 15) is 9.90 Å². The van der Waals surface area contributed by atoms with Gasteiger partial charge in [-0.25, -0.2) is 0 Å². The molecule has 0 fully saturated rings. The molecule has 2 nitrogen and oxygen atoms in total. The molecule has 1 aromatic rings. The van der Waals surface area contributed by atoms with Crippen LogP contribution in [0.3, 0.4) is 0 Å². The molecule has 1 N–H and O–H groups in total. The first kappa shape index (κ1) is 9.16. The summed E-state index contributed by atoms with van der Waals surface area (Å²) in [6.07, 6.45) is 9.03. The van der Waals surface area contributed by atoms with E-state index >= 15 is 0 Å². The summed E-state index contributed by atoms with van der Waals surface area (Å²) in [6.45, 7) is 0. The third kappa shape index (κ3) is 1.31. The number of benzene rings is 1. The Morgan fingerprint density at radius 1 is 1.19 bits per heavy atom. The van der Waals surface area contributed by atoms with Crippen LogP contribution in [0, 0.1) is 5.92 Å². The maximum Gasteiger partial charge on any atom is 0.178 e. The van der Waals surface area contributed by atoms with E-state index in [-0.39, 0.29) is 17.5 Å². The van der Waals surface area contributed by atoms with Crippen molar-refractivity contribution in [3.05, 3.63) is 52.4 Å². The number of phenols is 1. The first-order chi connectivity index (χ1) is 7.74. The van der Waals surface area contributed by atoms with Gasteiger partial charge in [0.25, 0.3) is 0 Å². The number of phenolic OH excluding ortho intramolecular Hbond substituents is 1. The molecular weight excluding hydrogens is 200 g/mol. The second-order valence-corrected chi connectivity index (χ2v) is 4.02. The van der Waals surface area contributed by atoms with Crippen LogP contribution in [-0.2, 0) is 4.79 Å². The third-order valence-electron chi connectivity index (χ3n) is 2.95. The average Bonchev–Trinajstić information content (AvgIpc) is 2.27. The Labute approximate surface area is 92.5 Å². The maximum atomic E-state index is 11.3. The van der Waals surface area contributed by atoms with Gasteiger partial charge in [-0.2, -0.15) is 0 Å². The van der Waals surface area contributed by atoms with E-state index in [1.165, 1.54) is 0 Å². The van der Waals surface area contributed by atoms with Gasteiger partial charge < -0.3 is 5.11 Å². The first-order valence-corrected chi connectivity index (χ1v) is 5.19. The molecule has 0 aromatic heterocycles. The first-order valence-electron chi connectivity index (χ1n) is 5.19. The van der Waals surface area contributed by atoms with Gasteiger partial charge in [0.15, 0.2) is 5.78 Å². The van der Waals surface area contributed by atoms with Gasteiger partial charge in [0.2, 0.25) is 0 Å². The van der Waals surface area contributed by atoms with Gasteiger partial charge in [-0.3, -0.25) is 4.79 Å². The molecule has 0 amide bonds. The Morgan fingerprint density at radius 3 is 2.94 bits per heavy atom. The maximum absolute atomic E-state index is 11.3. The van der Waals surface area contributed by atoms with Crippen LogP contribution in [0.5, 0.6) is 5.75 Å². The van der Waals surface area contributed by atoms with Crippen molar-refractivity contribution in [3.63, 3.8) is 0 Å². The van der Waals surface area contributed by atoms with Crippen LogP contribution in [0.15, 0.2) is 42.0 Å². The lowest BCUT2D eigenvalue weighted by Crippen LogP contribution is -2.30. The summed E-state index contributed by atoms with van der Waals surface area (Å²) in [6, 6.07) is 5.42.